The van der Waals surface area contributed by atoms with Gasteiger partial charge in [0.1, 0.15) is 46.8 Å². The van der Waals surface area contributed by atoms with E-state index in [0.717, 1.165) is 19.4 Å². The van der Waals surface area contributed by atoms with Gasteiger partial charge < -0.3 is 24.6 Å². The molecular formula is C34H38F3N5O4. The van der Waals surface area contributed by atoms with Gasteiger partial charge >= 0.3 is 6.01 Å². The van der Waals surface area contributed by atoms with E-state index in [9.17, 15) is 14.6 Å². The van der Waals surface area contributed by atoms with Crippen molar-refractivity contribution in [1.29, 1.82) is 0 Å². The van der Waals surface area contributed by atoms with Crippen LogP contribution >= 0.6 is 0 Å². The summed E-state index contributed by atoms with van der Waals surface area (Å²) in [4.78, 5) is 17.8. The van der Waals surface area contributed by atoms with Gasteiger partial charge in [-0.2, -0.15) is 9.97 Å². The van der Waals surface area contributed by atoms with E-state index >= 15 is 8.78 Å². The van der Waals surface area contributed by atoms with Crippen molar-refractivity contribution in [2.45, 2.75) is 69.7 Å². The number of alkyl halides is 1. The van der Waals surface area contributed by atoms with Crippen LogP contribution < -0.4 is 14.4 Å². The molecule has 0 aliphatic carbocycles. The van der Waals surface area contributed by atoms with Gasteiger partial charge in [-0.1, -0.05) is 13.0 Å². The fourth-order valence-electron chi connectivity index (χ4n) is 7.80. The van der Waals surface area contributed by atoms with Crippen LogP contribution in [0.3, 0.4) is 0 Å². The lowest BCUT2D eigenvalue weighted by Crippen LogP contribution is -2.46. The van der Waals surface area contributed by atoms with Crippen LogP contribution in [0.25, 0.3) is 32.9 Å². The van der Waals surface area contributed by atoms with Crippen molar-refractivity contribution in [2.75, 3.05) is 44.8 Å². The highest BCUT2D eigenvalue weighted by Gasteiger charge is 2.49. The van der Waals surface area contributed by atoms with Crippen molar-refractivity contribution >= 4 is 27.5 Å². The molecule has 0 unspecified atom stereocenters. The van der Waals surface area contributed by atoms with Crippen LogP contribution in [0.15, 0.2) is 24.3 Å². The van der Waals surface area contributed by atoms with Crippen LogP contribution in [0, 0.1) is 11.6 Å². The molecule has 244 valence electrons. The van der Waals surface area contributed by atoms with E-state index in [1.54, 1.807) is 13.8 Å². The van der Waals surface area contributed by atoms with Crippen LogP contribution in [0.1, 0.15) is 51.5 Å². The Kier molecular flexibility index (Phi) is 7.63. The zero-order chi connectivity index (χ0) is 32.4. The Hall–Kier alpha value is -3.90. The van der Waals surface area contributed by atoms with Crippen molar-refractivity contribution in [3.8, 4) is 28.9 Å². The number of rotatable bonds is 7. The number of phenolic OH excluding ortho intramolecular Hbond substituents is 1. The Labute approximate surface area is 265 Å². The average molecular weight is 638 g/mol. The number of hydrogen-bond donors (Lipinski definition) is 2. The second-order valence-corrected chi connectivity index (χ2v) is 13.2. The van der Waals surface area contributed by atoms with Gasteiger partial charge in [0.2, 0.25) is 5.88 Å². The topological polar surface area (TPSA) is 104 Å². The minimum atomic E-state index is -1.01. The SMILES string of the molecule is CCc1c(F)ccc2cc(O)cc(-c3nc(OC)c4c(N5CCC[C@@](C)(O)C5)nc(OC[C@@]56CCCN5C[C@H](F)C6)nc4c3F)c12. The van der Waals surface area contributed by atoms with Crippen LogP contribution in [0.4, 0.5) is 19.0 Å². The number of nitrogens with zero attached hydrogens (tertiary/aromatic N) is 5. The molecule has 12 heteroatoms. The molecule has 3 aliphatic heterocycles. The Morgan fingerprint density at radius 1 is 1.07 bits per heavy atom. The first-order valence-electron chi connectivity index (χ1n) is 15.9. The molecule has 0 amide bonds. The predicted molar refractivity (Wildman–Crippen MR) is 168 cm³/mol. The largest absolute Gasteiger partial charge is 0.508 e. The van der Waals surface area contributed by atoms with Gasteiger partial charge in [-0.25, -0.2) is 18.2 Å². The third kappa shape index (κ3) is 5.15. The summed E-state index contributed by atoms with van der Waals surface area (Å²) >= 11 is 0. The lowest BCUT2D eigenvalue weighted by molar-refractivity contribution is 0.0447. The Balaban J connectivity index is 1.44. The summed E-state index contributed by atoms with van der Waals surface area (Å²) in [6, 6.07) is 5.63. The molecule has 0 spiro atoms. The molecule has 2 N–H and O–H groups in total. The number of benzene rings is 2. The zero-order valence-corrected chi connectivity index (χ0v) is 26.2. The molecule has 2 aromatic heterocycles. The molecule has 9 nitrogen and oxygen atoms in total. The van der Waals surface area contributed by atoms with Crippen molar-refractivity contribution in [3.63, 3.8) is 0 Å². The van der Waals surface area contributed by atoms with Gasteiger partial charge in [-0.15, -0.1) is 0 Å². The number of ether oxygens (including phenoxy) is 2. The molecule has 46 heavy (non-hydrogen) atoms. The van der Waals surface area contributed by atoms with E-state index in [0.29, 0.717) is 60.9 Å². The predicted octanol–water partition coefficient (Wildman–Crippen LogP) is 5.71. The number of aryl methyl sites for hydroxylation is 1. The lowest BCUT2D eigenvalue weighted by Gasteiger charge is -2.38. The molecule has 3 aliphatic rings. The summed E-state index contributed by atoms with van der Waals surface area (Å²) in [7, 11) is 1.41. The van der Waals surface area contributed by atoms with E-state index in [1.807, 2.05) is 4.90 Å². The van der Waals surface area contributed by atoms with Gasteiger partial charge in [0, 0.05) is 31.6 Å². The van der Waals surface area contributed by atoms with Crippen molar-refractivity contribution in [2.24, 2.45) is 0 Å². The summed E-state index contributed by atoms with van der Waals surface area (Å²) < 4.78 is 58.4. The van der Waals surface area contributed by atoms with Crippen LogP contribution in [0.2, 0.25) is 0 Å². The Morgan fingerprint density at radius 2 is 1.87 bits per heavy atom. The van der Waals surface area contributed by atoms with Crippen LogP contribution in [-0.4, -0.2) is 87.3 Å². The molecule has 3 saturated heterocycles. The summed E-state index contributed by atoms with van der Waals surface area (Å²) in [5.74, 6) is -1.08. The number of β-amino-alcohol motifs (C(OH)–C–C–N with tert-alkyl or cyclic N) is 1. The maximum Gasteiger partial charge on any atom is 0.319 e. The number of methoxy groups -OCH3 is 1. The standard InChI is InChI=1S/C34H38F3N5O4/c1-4-22-24(36)8-7-19-13-21(43)14-23(25(19)22)28-27(37)29-26(31(38-28)45-3)30(41-11-5-9-33(2,44)17-41)40-32(39-29)46-18-34-10-6-12-42(34)16-20(35)15-34/h7-8,13-14,20,43-44H,4-6,9-12,15-18H2,1-3H3/t20-,33-,34+/m1/s1. The van der Waals surface area contributed by atoms with Crippen molar-refractivity contribution in [1.82, 2.24) is 19.9 Å². The van der Waals surface area contributed by atoms with E-state index in [4.69, 9.17) is 14.5 Å². The summed E-state index contributed by atoms with van der Waals surface area (Å²) in [6.45, 7) is 5.59. The normalized spacial score (nSPS) is 25.0. The number of aromatic nitrogens is 3. The fourth-order valence-corrected chi connectivity index (χ4v) is 7.80. The van der Waals surface area contributed by atoms with Gasteiger partial charge in [0.25, 0.3) is 0 Å². The highest BCUT2D eigenvalue weighted by Crippen LogP contribution is 2.44. The highest BCUT2D eigenvalue weighted by atomic mass is 19.1. The highest BCUT2D eigenvalue weighted by molar-refractivity contribution is 6.03. The van der Waals surface area contributed by atoms with E-state index in [2.05, 4.69) is 14.9 Å². The molecule has 7 rings (SSSR count). The first-order chi connectivity index (χ1) is 22.0. The van der Waals surface area contributed by atoms with Crippen molar-refractivity contribution < 1.29 is 32.9 Å². The average Bonchev–Trinajstić information content (AvgIpc) is 3.55. The third-order valence-electron chi connectivity index (χ3n) is 9.87. The molecule has 5 heterocycles. The molecule has 3 atom stereocenters. The van der Waals surface area contributed by atoms with Gasteiger partial charge in [-0.05, 0) is 80.1 Å². The first kappa shape index (κ1) is 30.7. The minimum Gasteiger partial charge on any atom is -0.508 e. The number of fused-ring (bicyclic) bond motifs is 3. The maximum atomic E-state index is 17.0. The molecule has 0 saturated carbocycles. The van der Waals surface area contributed by atoms with Crippen LogP contribution in [0.5, 0.6) is 17.6 Å². The molecule has 4 aromatic rings. The lowest BCUT2D eigenvalue weighted by atomic mass is 9.94. The number of hydrogen-bond acceptors (Lipinski definition) is 9. The second-order valence-electron chi connectivity index (χ2n) is 13.2. The number of aliphatic hydroxyl groups is 1. The Morgan fingerprint density at radius 3 is 2.63 bits per heavy atom. The van der Waals surface area contributed by atoms with E-state index in [1.165, 1.54) is 31.4 Å². The Bertz CT molecular complexity index is 1840. The first-order valence-corrected chi connectivity index (χ1v) is 15.9. The zero-order valence-electron chi connectivity index (χ0n) is 26.2. The monoisotopic (exact) mass is 637 g/mol. The number of aromatic hydroxyl groups is 1. The van der Waals surface area contributed by atoms with Crippen molar-refractivity contribution in [3.05, 3.63) is 41.5 Å². The third-order valence-corrected chi connectivity index (χ3v) is 9.87. The molecule has 2 aromatic carbocycles. The molecule has 0 bridgehead atoms. The summed E-state index contributed by atoms with van der Waals surface area (Å²) in [5.41, 5.74) is -1.25. The van der Waals surface area contributed by atoms with Gasteiger partial charge in [-0.3, -0.25) is 4.90 Å². The maximum absolute atomic E-state index is 17.0. The summed E-state index contributed by atoms with van der Waals surface area (Å²) in [5, 5.41) is 22.7. The van der Waals surface area contributed by atoms with Gasteiger partial charge in [0.15, 0.2) is 5.82 Å². The minimum absolute atomic E-state index is 0.0285. The molecule has 3 fully saturated rings. The number of piperidine rings is 1. The van der Waals surface area contributed by atoms with E-state index < -0.39 is 28.9 Å². The number of halogens is 3. The van der Waals surface area contributed by atoms with Crippen LogP contribution in [-0.2, 0) is 6.42 Å². The second kappa shape index (κ2) is 11.4. The molecule has 0 radical (unpaired) electrons. The quantitative estimate of drug-likeness (QED) is 0.264. The number of pyridine rings is 1. The smallest absolute Gasteiger partial charge is 0.319 e. The summed E-state index contributed by atoms with van der Waals surface area (Å²) in [6.07, 6.45) is 2.69. The number of phenols is 1. The molecular weight excluding hydrogens is 599 g/mol. The number of anilines is 1. The van der Waals surface area contributed by atoms with Gasteiger partial charge in [0.05, 0.1) is 18.2 Å². The van der Waals surface area contributed by atoms with E-state index in [-0.39, 0.29) is 53.0 Å². The fraction of sp³-hybridized carbons (Fsp3) is 0.500.